The van der Waals surface area contributed by atoms with Gasteiger partial charge in [0.05, 0.1) is 12.7 Å². The van der Waals surface area contributed by atoms with Gasteiger partial charge in [-0.15, -0.1) is 0 Å². The SMILES string of the molecule is COC(=O)c1ccc(Nc2cccc(C(=O)NCCC(C)C)c2C2CC2)c(C2CC2)c1. The van der Waals surface area contributed by atoms with Crippen LogP contribution in [0.5, 0.6) is 0 Å². The Bertz CT molecular complexity index is 975. The van der Waals surface area contributed by atoms with E-state index in [0.29, 0.717) is 29.9 Å². The van der Waals surface area contributed by atoms with Crippen molar-refractivity contribution in [2.45, 2.75) is 57.8 Å². The Morgan fingerprint density at radius 1 is 1.03 bits per heavy atom. The minimum absolute atomic E-state index is 0.00894. The maximum absolute atomic E-state index is 12.9. The normalized spacial score (nSPS) is 15.6. The Balaban J connectivity index is 1.62. The first-order valence-corrected chi connectivity index (χ1v) is 11.4. The molecule has 0 aliphatic heterocycles. The molecular weight excluding hydrogens is 388 g/mol. The number of carbonyl (C=O) groups excluding carboxylic acids is 2. The fourth-order valence-corrected chi connectivity index (χ4v) is 4.05. The molecule has 2 N–H and O–H groups in total. The van der Waals surface area contributed by atoms with E-state index >= 15 is 0 Å². The van der Waals surface area contributed by atoms with Crippen molar-refractivity contribution in [3.05, 3.63) is 58.7 Å². The minimum atomic E-state index is -0.313. The number of benzene rings is 2. The first kappa shape index (κ1) is 21.4. The summed E-state index contributed by atoms with van der Waals surface area (Å²) in [5.41, 5.74) is 5.62. The summed E-state index contributed by atoms with van der Waals surface area (Å²) in [5, 5.41) is 6.70. The predicted molar refractivity (Wildman–Crippen MR) is 123 cm³/mol. The van der Waals surface area contributed by atoms with Gasteiger partial charge in [0.25, 0.3) is 5.91 Å². The van der Waals surface area contributed by atoms with E-state index in [1.807, 2.05) is 24.3 Å². The summed E-state index contributed by atoms with van der Waals surface area (Å²) in [6, 6.07) is 11.7. The molecule has 0 atom stereocenters. The smallest absolute Gasteiger partial charge is 0.337 e. The number of esters is 1. The molecule has 5 nitrogen and oxygen atoms in total. The zero-order chi connectivity index (χ0) is 22.0. The monoisotopic (exact) mass is 420 g/mol. The molecule has 164 valence electrons. The number of rotatable bonds is 9. The van der Waals surface area contributed by atoms with Crippen LogP contribution in [0.2, 0.25) is 0 Å². The second kappa shape index (κ2) is 9.13. The van der Waals surface area contributed by atoms with Gasteiger partial charge in [-0.2, -0.15) is 0 Å². The van der Waals surface area contributed by atoms with E-state index in [1.54, 1.807) is 6.07 Å². The highest BCUT2D eigenvalue weighted by atomic mass is 16.5. The minimum Gasteiger partial charge on any atom is -0.465 e. The molecule has 2 aliphatic rings. The lowest BCUT2D eigenvalue weighted by Crippen LogP contribution is -2.26. The van der Waals surface area contributed by atoms with Crippen LogP contribution in [0.3, 0.4) is 0 Å². The number of carbonyl (C=O) groups is 2. The van der Waals surface area contributed by atoms with E-state index in [1.165, 1.54) is 7.11 Å². The van der Waals surface area contributed by atoms with Crippen molar-refractivity contribution in [3.8, 4) is 0 Å². The van der Waals surface area contributed by atoms with E-state index in [9.17, 15) is 9.59 Å². The van der Waals surface area contributed by atoms with Gasteiger partial charge >= 0.3 is 5.97 Å². The standard InChI is InChI=1S/C26H32N2O3/c1-16(2)13-14-27-25(29)20-5-4-6-23(24(20)18-9-10-18)28-22-12-11-19(26(30)31-3)15-21(22)17-7-8-17/h4-6,11-12,15-18,28H,7-10,13-14H2,1-3H3,(H,27,29). The van der Waals surface area contributed by atoms with Crippen LogP contribution in [0, 0.1) is 5.92 Å². The number of amides is 1. The molecule has 0 saturated heterocycles. The van der Waals surface area contributed by atoms with Gasteiger partial charge in [-0.1, -0.05) is 19.9 Å². The highest BCUT2D eigenvalue weighted by Crippen LogP contribution is 2.48. The molecule has 0 spiro atoms. The molecule has 2 aromatic rings. The summed E-state index contributed by atoms with van der Waals surface area (Å²) in [5.74, 6) is 1.15. The van der Waals surface area contributed by atoms with Crippen molar-refractivity contribution in [2.24, 2.45) is 5.92 Å². The number of anilines is 2. The van der Waals surface area contributed by atoms with Gasteiger partial charge in [0.15, 0.2) is 0 Å². The molecule has 31 heavy (non-hydrogen) atoms. The summed E-state index contributed by atoms with van der Waals surface area (Å²) >= 11 is 0. The molecule has 4 rings (SSSR count). The molecule has 0 unspecified atom stereocenters. The van der Waals surface area contributed by atoms with Crippen LogP contribution in [0.1, 0.15) is 89.6 Å². The van der Waals surface area contributed by atoms with Gasteiger partial charge in [-0.3, -0.25) is 4.79 Å². The average molecular weight is 421 g/mol. The molecule has 0 bridgehead atoms. The quantitative estimate of drug-likeness (QED) is 0.507. The van der Waals surface area contributed by atoms with Crippen molar-refractivity contribution in [2.75, 3.05) is 19.0 Å². The van der Waals surface area contributed by atoms with Crippen molar-refractivity contribution < 1.29 is 14.3 Å². The van der Waals surface area contributed by atoms with Crippen molar-refractivity contribution >= 4 is 23.3 Å². The van der Waals surface area contributed by atoms with Crippen LogP contribution in [0.4, 0.5) is 11.4 Å². The lowest BCUT2D eigenvalue weighted by molar-refractivity contribution is 0.0600. The Morgan fingerprint density at radius 2 is 1.77 bits per heavy atom. The van der Waals surface area contributed by atoms with Crippen LogP contribution in [0.15, 0.2) is 36.4 Å². The summed E-state index contributed by atoms with van der Waals surface area (Å²) in [4.78, 5) is 24.9. The third-order valence-electron chi connectivity index (χ3n) is 6.10. The summed E-state index contributed by atoms with van der Waals surface area (Å²) in [6.45, 7) is 5.02. The zero-order valence-electron chi connectivity index (χ0n) is 18.7. The third kappa shape index (κ3) is 5.09. The number of methoxy groups -OCH3 is 1. The van der Waals surface area contributed by atoms with Crippen LogP contribution in [0.25, 0.3) is 0 Å². The highest BCUT2D eigenvalue weighted by molar-refractivity contribution is 5.98. The van der Waals surface area contributed by atoms with Gasteiger partial charge in [0, 0.05) is 23.5 Å². The molecule has 2 fully saturated rings. The Labute approximate surface area is 184 Å². The third-order valence-corrected chi connectivity index (χ3v) is 6.10. The molecule has 2 aliphatic carbocycles. The maximum atomic E-state index is 12.9. The van der Waals surface area contributed by atoms with Crippen molar-refractivity contribution in [1.29, 1.82) is 0 Å². The van der Waals surface area contributed by atoms with E-state index in [-0.39, 0.29) is 11.9 Å². The second-order valence-electron chi connectivity index (χ2n) is 9.17. The number of hydrogen-bond donors (Lipinski definition) is 2. The number of ether oxygens (including phenoxy) is 1. The Hall–Kier alpha value is -2.82. The van der Waals surface area contributed by atoms with Gasteiger partial charge in [-0.25, -0.2) is 4.79 Å². The second-order valence-corrected chi connectivity index (χ2v) is 9.17. The van der Waals surface area contributed by atoms with Crippen LogP contribution >= 0.6 is 0 Å². The predicted octanol–water partition coefficient (Wildman–Crippen LogP) is 5.75. The lowest BCUT2D eigenvalue weighted by Gasteiger charge is -2.18. The molecule has 2 aromatic carbocycles. The maximum Gasteiger partial charge on any atom is 0.337 e. The van der Waals surface area contributed by atoms with E-state index in [0.717, 1.165) is 60.2 Å². The van der Waals surface area contributed by atoms with E-state index in [4.69, 9.17) is 4.74 Å². The highest BCUT2D eigenvalue weighted by Gasteiger charge is 2.32. The van der Waals surface area contributed by atoms with Crippen LogP contribution < -0.4 is 10.6 Å². The molecule has 5 heteroatoms. The summed E-state index contributed by atoms with van der Waals surface area (Å²) in [7, 11) is 1.41. The van der Waals surface area contributed by atoms with Crippen LogP contribution in [-0.2, 0) is 4.74 Å². The topological polar surface area (TPSA) is 67.4 Å². The zero-order valence-corrected chi connectivity index (χ0v) is 18.7. The van der Waals surface area contributed by atoms with Gasteiger partial charge in [-0.05, 0) is 91.3 Å². The van der Waals surface area contributed by atoms with Crippen molar-refractivity contribution in [3.63, 3.8) is 0 Å². The van der Waals surface area contributed by atoms with Crippen LogP contribution in [-0.4, -0.2) is 25.5 Å². The summed E-state index contributed by atoms with van der Waals surface area (Å²) in [6.07, 6.45) is 5.46. The first-order chi connectivity index (χ1) is 15.0. The average Bonchev–Trinajstić information content (AvgIpc) is 3.66. The molecule has 0 aromatic heterocycles. The number of hydrogen-bond acceptors (Lipinski definition) is 4. The van der Waals surface area contributed by atoms with Crippen molar-refractivity contribution in [1.82, 2.24) is 5.32 Å². The van der Waals surface area contributed by atoms with E-state index in [2.05, 4.69) is 30.5 Å². The molecule has 0 radical (unpaired) electrons. The fourth-order valence-electron chi connectivity index (χ4n) is 4.05. The summed E-state index contributed by atoms with van der Waals surface area (Å²) < 4.78 is 4.89. The van der Waals surface area contributed by atoms with Gasteiger partial charge in [0.2, 0.25) is 0 Å². The molecule has 1 amide bonds. The first-order valence-electron chi connectivity index (χ1n) is 11.4. The lowest BCUT2D eigenvalue weighted by atomic mass is 9.98. The fraction of sp³-hybridized carbons (Fsp3) is 0.462. The largest absolute Gasteiger partial charge is 0.465 e. The molecular formula is C26H32N2O3. The van der Waals surface area contributed by atoms with Gasteiger partial charge in [0.1, 0.15) is 0 Å². The Kier molecular flexibility index (Phi) is 6.30. The van der Waals surface area contributed by atoms with E-state index < -0.39 is 0 Å². The van der Waals surface area contributed by atoms with Gasteiger partial charge < -0.3 is 15.4 Å². The number of nitrogens with one attached hydrogen (secondary N) is 2. The molecule has 0 heterocycles. The molecule has 2 saturated carbocycles. The Morgan fingerprint density at radius 3 is 2.42 bits per heavy atom.